The molecule has 7 heteroatoms. The minimum absolute atomic E-state index is 0.0331. The van der Waals surface area contributed by atoms with E-state index in [1.54, 1.807) is 0 Å². The van der Waals surface area contributed by atoms with Crippen molar-refractivity contribution in [3.8, 4) is 0 Å². The van der Waals surface area contributed by atoms with E-state index in [4.69, 9.17) is 4.89 Å². The fourth-order valence-electron chi connectivity index (χ4n) is 1.03. The second kappa shape index (κ2) is 3.47. The molecule has 0 spiro atoms. The van der Waals surface area contributed by atoms with E-state index in [9.17, 15) is 14.2 Å². The maximum Gasteiger partial charge on any atom is 0.322 e. The Bertz CT molecular complexity index is 284. The molecule has 1 rings (SSSR count). The third-order valence-electron chi connectivity index (χ3n) is 1.69. The van der Waals surface area contributed by atoms with E-state index in [-0.39, 0.29) is 12.6 Å². The van der Waals surface area contributed by atoms with Crippen molar-refractivity contribution >= 4 is 19.3 Å². The van der Waals surface area contributed by atoms with Crippen LogP contribution < -0.4 is 10.6 Å². The molecular formula is C6H11N2O4P. The number of carbonyl (C=O) groups excluding carboxylic acids is 2. The van der Waals surface area contributed by atoms with Gasteiger partial charge in [-0.3, -0.25) is 14.7 Å². The molecule has 74 valence electrons. The Balaban J connectivity index is 2.43. The second-order valence-electron chi connectivity index (χ2n) is 3.08. The number of rotatable bonds is 3. The summed E-state index contributed by atoms with van der Waals surface area (Å²) < 4.78 is 10.9. The second-order valence-corrected chi connectivity index (χ2v) is 5.63. The molecule has 1 aliphatic heterocycles. The third kappa shape index (κ3) is 3.16. The molecule has 0 aliphatic carbocycles. The van der Waals surface area contributed by atoms with Crippen LogP contribution in [0.25, 0.3) is 0 Å². The molecule has 2 atom stereocenters. The van der Waals surface area contributed by atoms with Gasteiger partial charge in [0.2, 0.25) is 0 Å². The van der Waals surface area contributed by atoms with Crippen LogP contribution in [0.4, 0.5) is 4.79 Å². The molecule has 1 fully saturated rings. The summed E-state index contributed by atoms with van der Waals surface area (Å²) >= 11 is 0. The fourth-order valence-corrected chi connectivity index (χ4v) is 1.77. The average molecular weight is 206 g/mol. The Morgan fingerprint density at radius 3 is 2.54 bits per heavy atom. The van der Waals surface area contributed by atoms with Crippen LogP contribution >= 0.6 is 7.37 Å². The van der Waals surface area contributed by atoms with Crippen LogP contribution in [0.1, 0.15) is 6.42 Å². The Kier molecular flexibility index (Phi) is 2.73. The lowest BCUT2D eigenvalue weighted by molar-refractivity contribution is -0.120. The zero-order chi connectivity index (χ0) is 10.1. The van der Waals surface area contributed by atoms with Crippen LogP contribution in [0.2, 0.25) is 0 Å². The molecule has 0 bridgehead atoms. The van der Waals surface area contributed by atoms with E-state index in [2.05, 4.69) is 5.32 Å². The molecule has 0 radical (unpaired) electrons. The molecule has 1 heterocycles. The van der Waals surface area contributed by atoms with Crippen LogP contribution in [0, 0.1) is 0 Å². The molecule has 0 saturated carbocycles. The molecule has 0 aromatic carbocycles. The predicted molar refractivity (Wildman–Crippen MR) is 45.7 cm³/mol. The number of amides is 3. The summed E-state index contributed by atoms with van der Waals surface area (Å²) in [6.07, 6.45) is 0.229. The van der Waals surface area contributed by atoms with E-state index in [0.717, 1.165) is 0 Å². The van der Waals surface area contributed by atoms with E-state index < -0.39 is 25.3 Å². The van der Waals surface area contributed by atoms with E-state index in [1.165, 1.54) is 6.66 Å². The summed E-state index contributed by atoms with van der Waals surface area (Å²) in [6, 6.07) is -1.20. The van der Waals surface area contributed by atoms with Crippen LogP contribution in [0.3, 0.4) is 0 Å². The van der Waals surface area contributed by atoms with Gasteiger partial charge in [0.1, 0.15) is 6.04 Å². The van der Waals surface area contributed by atoms with Gasteiger partial charge in [0.15, 0.2) is 7.37 Å². The van der Waals surface area contributed by atoms with Crippen molar-refractivity contribution in [1.29, 1.82) is 0 Å². The van der Waals surface area contributed by atoms with Crippen LogP contribution in [-0.4, -0.2) is 35.7 Å². The first-order valence-corrected chi connectivity index (χ1v) is 6.08. The Morgan fingerprint density at radius 2 is 2.15 bits per heavy atom. The smallest absolute Gasteiger partial charge is 0.322 e. The third-order valence-corrected chi connectivity index (χ3v) is 2.78. The summed E-state index contributed by atoms with van der Waals surface area (Å²) in [5, 5.41) is 4.39. The zero-order valence-electron chi connectivity index (χ0n) is 7.11. The molecule has 1 saturated heterocycles. The summed E-state index contributed by atoms with van der Waals surface area (Å²) in [6.45, 7) is 1.22. The van der Waals surface area contributed by atoms with E-state index in [0.29, 0.717) is 0 Å². The normalized spacial score (nSPS) is 26.5. The van der Waals surface area contributed by atoms with Crippen molar-refractivity contribution in [1.82, 2.24) is 10.6 Å². The maximum atomic E-state index is 10.9. The largest absolute Gasteiger partial charge is 0.344 e. The van der Waals surface area contributed by atoms with E-state index in [1.807, 2.05) is 5.32 Å². The van der Waals surface area contributed by atoms with Crippen molar-refractivity contribution < 1.29 is 19.0 Å². The number of hydrogen-bond donors (Lipinski definition) is 3. The van der Waals surface area contributed by atoms with Gasteiger partial charge in [-0.05, 0) is 6.42 Å². The van der Waals surface area contributed by atoms with Gasteiger partial charge in [0, 0.05) is 12.8 Å². The highest BCUT2D eigenvalue weighted by atomic mass is 31.2. The standard InChI is InChI=1S/C6H11N2O4P/c1-13(11,12)3-2-4-5(9)8-6(10)7-4/h4H,2-3H2,1H3,(H,11,12)(H2,7,8,9,10)/t4-/m0/s1. The average Bonchev–Trinajstić information content (AvgIpc) is 2.24. The summed E-state index contributed by atoms with van der Waals surface area (Å²) in [5.41, 5.74) is 0. The molecule has 0 aromatic rings. The van der Waals surface area contributed by atoms with Gasteiger partial charge in [0.05, 0.1) is 0 Å². The molecule has 1 unspecified atom stereocenters. The van der Waals surface area contributed by atoms with Crippen molar-refractivity contribution in [2.45, 2.75) is 12.5 Å². The minimum Gasteiger partial charge on any atom is -0.344 e. The highest BCUT2D eigenvalue weighted by Gasteiger charge is 2.30. The number of urea groups is 1. The van der Waals surface area contributed by atoms with Gasteiger partial charge in [-0.1, -0.05) is 0 Å². The minimum atomic E-state index is -3.10. The van der Waals surface area contributed by atoms with Gasteiger partial charge in [-0.25, -0.2) is 4.79 Å². The topological polar surface area (TPSA) is 95.5 Å². The SMILES string of the molecule is CP(=O)(O)CC[C@@H]1NC(=O)NC1=O. The molecular weight excluding hydrogens is 195 g/mol. The molecule has 0 aromatic heterocycles. The number of imide groups is 1. The van der Waals surface area contributed by atoms with Gasteiger partial charge >= 0.3 is 6.03 Å². The lowest BCUT2D eigenvalue weighted by Crippen LogP contribution is -2.29. The lowest BCUT2D eigenvalue weighted by atomic mass is 10.2. The van der Waals surface area contributed by atoms with Gasteiger partial charge < -0.3 is 10.2 Å². The first-order chi connectivity index (χ1) is 5.88. The highest BCUT2D eigenvalue weighted by Crippen LogP contribution is 2.36. The monoisotopic (exact) mass is 206 g/mol. The molecule has 1 aliphatic rings. The summed E-state index contributed by atoms with van der Waals surface area (Å²) in [7, 11) is -3.10. The first kappa shape index (κ1) is 10.2. The van der Waals surface area contributed by atoms with Crippen LogP contribution in [0.15, 0.2) is 0 Å². The lowest BCUT2D eigenvalue weighted by Gasteiger charge is -2.08. The highest BCUT2D eigenvalue weighted by molar-refractivity contribution is 7.57. The number of hydrogen-bond acceptors (Lipinski definition) is 3. The Labute approximate surface area is 75.2 Å². The van der Waals surface area contributed by atoms with E-state index >= 15 is 0 Å². The Morgan fingerprint density at radius 1 is 1.54 bits per heavy atom. The number of nitrogens with one attached hydrogen (secondary N) is 2. The van der Waals surface area contributed by atoms with Gasteiger partial charge in [-0.15, -0.1) is 0 Å². The summed E-state index contributed by atoms with van der Waals surface area (Å²) in [4.78, 5) is 30.5. The quantitative estimate of drug-likeness (QED) is 0.428. The molecule has 6 nitrogen and oxygen atoms in total. The fraction of sp³-hybridized carbons (Fsp3) is 0.667. The maximum absolute atomic E-state index is 10.9. The molecule has 3 amide bonds. The van der Waals surface area contributed by atoms with Crippen molar-refractivity contribution in [3.63, 3.8) is 0 Å². The molecule has 13 heavy (non-hydrogen) atoms. The van der Waals surface area contributed by atoms with Gasteiger partial charge in [-0.2, -0.15) is 0 Å². The van der Waals surface area contributed by atoms with Crippen LogP contribution in [-0.2, 0) is 9.36 Å². The summed E-state index contributed by atoms with van der Waals surface area (Å²) in [5.74, 6) is -0.432. The van der Waals surface area contributed by atoms with Crippen molar-refractivity contribution in [2.75, 3.05) is 12.8 Å². The zero-order valence-corrected chi connectivity index (χ0v) is 8.01. The predicted octanol–water partition coefficient (Wildman–Crippen LogP) is -0.515. The van der Waals surface area contributed by atoms with Gasteiger partial charge in [0.25, 0.3) is 5.91 Å². The first-order valence-electron chi connectivity index (χ1n) is 3.79. The van der Waals surface area contributed by atoms with Crippen molar-refractivity contribution in [2.24, 2.45) is 0 Å². The van der Waals surface area contributed by atoms with Crippen molar-refractivity contribution in [3.05, 3.63) is 0 Å². The van der Waals surface area contributed by atoms with Crippen LogP contribution in [0.5, 0.6) is 0 Å². The molecule has 3 N–H and O–H groups in total. The number of carbonyl (C=O) groups is 2. The Hall–Kier alpha value is -0.870.